The SMILES string of the molecule is O=C1CNc2c(ccc3c2CCC=C3)S1. The number of carbonyl (C=O) groups is 1. The van der Waals surface area contributed by atoms with E-state index in [1.165, 1.54) is 28.6 Å². The van der Waals surface area contributed by atoms with Gasteiger partial charge in [0.2, 0.25) is 5.12 Å². The van der Waals surface area contributed by atoms with Crippen LogP contribution in [0.4, 0.5) is 5.69 Å². The summed E-state index contributed by atoms with van der Waals surface area (Å²) in [5, 5.41) is 3.44. The fourth-order valence-electron chi connectivity index (χ4n) is 2.10. The van der Waals surface area contributed by atoms with Crippen LogP contribution in [-0.4, -0.2) is 11.7 Å². The van der Waals surface area contributed by atoms with Gasteiger partial charge in [0, 0.05) is 4.90 Å². The molecule has 76 valence electrons. The van der Waals surface area contributed by atoms with E-state index in [-0.39, 0.29) is 5.12 Å². The molecule has 0 saturated heterocycles. The van der Waals surface area contributed by atoms with E-state index >= 15 is 0 Å². The van der Waals surface area contributed by atoms with Gasteiger partial charge in [-0.1, -0.05) is 18.2 Å². The largest absolute Gasteiger partial charge is 0.376 e. The zero-order valence-corrected chi connectivity index (χ0v) is 9.06. The lowest BCUT2D eigenvalue weighted by atomic mass is 9.95. The van der Waals surface area contributed by atoms with Crippen LogP contribution in [-0.2, 0) is 11.2 Å². The molecule has 0 atom stereocenters. The molecule has 15 heavy (non-hydrogen) atoms. The molecule has 0 fully saturated rings. The monoisotopic (exact) mass is 217 g/mol. The third-order valence-electron chi connectivity index (χ3n) is 2.80. The minimum Gasteiger partial charge on any atom is -0.376 e. The molecule has 2 nitrogen and oxygen atoms in total. The van der Waals surface area contributed by atoms with Gasteiger partial charge in [0.25, 0.3) is 0 Å². The van der Waals surface area contributed by atoms with Crippen molar-refractivity contribution in [3.63, 3.8) is 0 Å². The van der Waals surface area contributed by atoms with Gasteiger partial charge < -0.3 is 5.32 Å². The summed E-state index contributed by atoms with van der Waals surface area (Å²) in [4.78, 5) is 12.4. The van der Waals surface area contributed by atoms with Crippen LogP contribution in [0.5, 0.6) is 0 Å². The highest BCUT2D eigenvalue weighted by Gasteiger charge is 2.20. The van der Waals surface area contributed by atoms with Gasteiger partial charge >= 0.3 is 0 Å². The molecule has 1 aliphatic heterocycles. The Hall–Kier alpha value is -1.22. The van der Waals surface area contributed by atoms with Gasteiger partial charge in [-0.05, 0) is 41.8 Å². The van der Waals surface area contributed by atoms with Crippen molar-refractivity contribution in [1.29, 1.82) is 0 Å². The third kappa shape index (κ3) is 1.47. The highest BCUT2D eigenvalue weighted by Crippen LogP contribution is 2.38. The van der Waals surface area contributed by atoms with E-state index in [0.717, 1.165) is 17.7 Å². The van der Waals surface area contributed by atoms with Crippen LogP contribution in [0, 0.1) is 0 Å². The van der Waals surface area contributed by atoms with Crippen molar-refractivity contribution in [3.8, 4) is 0 Å². The van der Waals surface area contributed by atoms with Crippen molar-refractivity contribution >= 4 is 28.6 Å². The van der Waals surface area contributed by atoms with E-state index in [4.69, 9.17) is 0 Å². The maximum absolute atomic E-state index is 11.3. The molecule has 0 radical (unpaired) electrons. The summed E-state index contributed by atoms with van der Waals surface area (Å²) in [5.41, 5.74) is 3.85. The van der Waals surface area contributed by atoms with Gasteiger partial charge in [0.1, 0.15) is 0 Å². The number of benzene rings is 1. The smallest absolute Gasteiger partial charge is 0.212 e. The predicted octanol–water partition coefficient (Wildman–Crippen LogP) is 2.69. The summed E-state index contributed by atoms with van der Waals surface area (Å²) >= 11 is 1.36. The lowest BCUT2D eigenvalue weighted by molar-refractivity contribution is -0.109. The Bertz CT molecular complexity index is 465. The first kappa shape index (κ1) is 9.04. The average Bonchev–Trinajstić information content (AvgIpc) is 2.28. The molecule has 2 aliphatic rings. The number of thioether (sulfide) groups is 1. The first-order valence-corrected chi connectivity index (χ1v) is 5.93. The Labute approximate surface area is 92.8 Å². The first-order chi connectivity index (χ1) is 7.34. The van der Waals surface area contributed by atoms with Crippen LogP contribution in [0.15, 0.2) is 23.1 Å². The second kappa shape index (κ2) is 3.42. The van der Waals surface area contributed by atoms with Crippen LogP contribution in [0.2, 0.25) is 0 Å². The summed E-state index contributed by atoms with van der Waals surface area (Å²) < 4.78 is 0. The number of fused-ring (bicyclic) bond motifs is 3. The molecule has 0 amide bonds. The van der Waals surface area contributed by atoms with Gasteiger partial charge in [-0.2, -0.15) is 0 Å². The van der Waals surface area contributed by atoms with E-state index in [9.17, 15) is 4.79 Å². The molecule has 1 aromatic rings. The summed E-state index contributed by atoms with van der Waals surface area (Å²) in [6, 6.07) is 4.15. The molecular formula is C12H11NOS. The molecular weight excluding hydrogens is 206 g/mol. The van der Waals surface area contributed by atoms with E-state index < -0.39 is 0 Å². The van der Waals surface area contributed by atoms with Crippen molar-refractivity contribution < 1.29 is 4.79 Å². The van der Waals surface area contributed by atoms with Crippen molar-refractivity contribution in [2.45, 2.75) is 17.7 Å². The number of allylic oxidation sites excluding steroid dienone is 1. The zero-order valence-electron chi connectivity index (χ0n) is 8.25. The van der Waals surface area contributed by atoms with Crippen LogP contribution < -0.4 is 5.32 Å². The van der Waals surface area contributed by atoms with Gasteiger partial charge in [0.15, 0.2) is 0 Å². The Morgan fingerprint density at radius 3 is 3.20 bits per heavy atom. The van der Waals surface area contributed by atoms with Crippen molar-refractivity contribution in [1.82, 2.24) is 0 Å². The number of hydrogen-bond donors (Lipinski definition) is 1. The molecule has 0 aromatic heterocycles. The minimum atomic E-state index is 0.203. The molecule has 0 spiro atoms. The number of rotatable bonds is 0. The summed E-state index contributed by atoms with van der Waals surface area (Å²) in [7, 11) is 0. The molecule has 0 unspecified atom stereocenters. The van der Waals surface area contributed by atoms with Crippen LogP contribution in [0.1, 0.15) is 17.5 Å². The fraction of sp³-hybridized carbons (Fsp3) is 0.250. The maximum atomic E-state index is 11.3. The van der Waals surface area contributed by atoms with Gasteiger partial charge in [-0.25, -0.2) is 0 Å². The lowest BCUT2D eigenvalue weighted by Crippen LogP contribution is -2.18. The normalized spacial score (nSPS) is 18.0. The van der Waals surface area contributed by atoms with Crippen LogP contribution >= 0.6 is 11.8 Å². The topological polar surface area (TPSA) is 29.1 Å². The Balaban J connectivity index is 2.15. The first-order valence-electron chi connectivity index (χ1n) is 5.11. The zero-order chi connectivity index (χ0) is 10.3. The quantitative estimate of drug-likeness (QED) is 0.724. The highest BCUT2D eigenvalue weighted by atomic mass is 32.2. The van der Waals surface area contributed by atoms with E-state index in [0.29, 0.717) is 6.54 Å². The lowest BCUT2D eigenvalue weighted by Gasteiger charge is -2.22. The van der Waals surface area contributed by atoms with Crippen LogP contribution in [0.25, 0.3) is 6.08 Å². The molecule has 1 N–H and O–H groups in total. The average molecular weight is 217 g/mol. The third-order valence-corrected chi connectivity index (χ3v) is 3.73. The van der Waals surface area contributed by atoms with E-state index in [1.54, 1.807) is 0 Å². The predicted molar refractivity (Wildman–Crippen MR) is 63.2 cm³/mol. The minimum absolute atomic E-state index is 0.203. The van der Waals surface area contributed by atoms with Crippen molar-refractivity contribution in [2.75, 3.05) is 11.9 Å². The fourth-order valence-corrected chi connectivity index (χ4v) is 2.93. The molecule has 3 rings (SSSR count). The summed E-state index contributed by atoms with van der Waals surface area (Å²) in [6.45, 7) is 0.456. The van der Waals surface area contributed by atoms with Gasteiger partial charge in [0.05, 0.1) is 12.2 Å². The van der Waals surface area contributed by atoms with Gasteiger partial charge in [-0.15, -0.1) is 0 Å². The maximum Gasteiger partial charge on any atom is 0.212 e. The Morgan fingerprint density at radius 1 is 1.33 bits per heavy atom. The number of anilines is 1. The Morgan fingerprint density at radius 2 is 2.27 bits per heavy atom. The summed E-state index contributed by atoms with van der Waals surface area (Å²) in [6.07, 6.45) is 6.55. The molecule has 3 heteroatoms. The second-order valence-corrected chi connectivity index (χ2v) is 4.87. The van der Waals surface area contributed by atoms with E-state index in [1.807, 2.05) is 6.07 Å². The molecule has 1 heterocycles. The number of nitrogens with one attached hydrogen (secondary N) is 1. The van der Waals surface area contributed by atoms with Crippen molar-refractivity contribution in [2.24, 2.45) is 0 Å². The van der Waals surface area contributed by atoms with E-state index in [2.05, 4.69) is 23.5 Å². The van der Waals surface area contributed by atoms with Crippen molar-refractivity contribution in [3.05, 3.63) is 29.3 Å². The van der Waals surface area contributed by atoms with Crippen LogP contribution in [0.3, 0.4) is 0 Å². The number of hydrogen-bond acceptors (Lipinski definition) is 3. The molecule has 0 bridgehead atoms. The standard InChI is InChI=1S/C12H11NOS/c14-11-7-13-12-9-4-2-1-3-8(9)5-6-10(12)15-11/h1,3,5-6,13H,2,4,7H2. The Kier molecular flexibility index (Phi) is 2.06. The highest BCUT2D eigenvalue weighted by molar-refractivity contribution is 8.14. The molecule has 1 aliphatic carbocycles. The number of carbonyl (C=O) groups excluding carboxylic acids is 1. The summed E-state index contributed by atoms with van der Waals surface area (Å²) in [5.74, 6) is 0. The molecule has 0 saturated carbocycles. The second-order valence-electron chi connectivity index (χ2n) is 3.78. The van der Waals surface area contributed by atoms with Gasteiger partial charge in [-0.3, -0.25) is 4.79 Å². The molecule has 1 aromatic carbocycles.